The van der Waals surface area contributed by atoms with E-state index in [1.54, 1.807) is 6.20 Å². The molecular formula is C21H29N7. The van der Waals surface area contributed by atoms with Gasteiger partial charge in [0.25, 0.3) is 0 Å². The molecule has 3 aromatic heterocycles. The van der Waals surface area contributed by atoms with Gasteiger partial charge in [0.1, 0.15) is 11.6 Å². The molecule has 1 atom stereocenters. The number of hydrogen-bond donors (Lipinski definition) is 0. The Kier molecular flexibility index (Phi) is 5.71. The quantitative estimate of drug-likeness (QED) is 0.631. The largest absolute Gasteiger partial charge is 0.356 e. The molecule has 1 aliphatic rings. The van der Waals surface area contributed by atoms with E-state index >= 15 is 0 Å². The predicted molar refractivity (Wildman–Crippen MR) is 111 cm³/mol. The second-order valence-electron chi connectivity index (χ2n) is 7.83. The van der Waals surface area contributed by atoms with Crippen LogP contribution in [-0.4, -0.2) is 62.7 Å². The summed E-state index contributed by atoms with van der Waals surface area (Å²) in [5.41, 5.74) is 1.19. The molecule has 0 N–H and O–H groups in total. The van der Waals surface area contributed by atoms with Crippen molar-refractivity contribution in [2.24, 2.45) is 0 Å². The lowest BCUT2D eigenvalue weighted by molar-refractivity contribution is 0.373. The molecule has 0 aliphatic carbocycles. The van der Waals surface area contributed by atoms with Crippen molar-refractivity contribution < 1.29 is 0 Å². The number of nitrogens with zero attached hydrogens (tertiary/aromatic N) is 7. The zero-order chi connectivity index (χ0) is 19.3. The van der Waals surface area contributed by atoms with E-state index < -0.39 is 0 Å². The molecule has 1 fully saturated rings. The van der Waals surface area contributed by atoms with Crippen LogP contribution in [0.25, 0.3) is 0 Å². The van der Waals surface area contributed by atoms with Crippen molar-refractivity contribution in [3.8, 4) is 0 Å². The van der Waals surface area contributed by atoms with E-state index in [0.717, 1.165) is 38.5 Å². The normalized spacial score (nSPS) is 17.4. The van der Waals surface area contributed by atoms with Gasteiger partial charge in [-0.3, -0.25) is 0 Å². The fraction of sp³-hybridized carbons (Fsp3) is 0.476. The average Bonchev–Trinajstić information content (AvgIpc) is 3.39. The van der Waals surface area contributed by atoms with E-state index in [1.165, 1.54) is 24.2 Å². The summed E-state index contributed by atoms with van der Waals surface area (Å²) < 4.78 is 4.37. The number of hydrogen-bond acceptors (Lipinski definition) is 5. The second-order valence-corrected chi connectivity index (χ2v) is 7.83. The Bertz CT molecular complexity index is 851. The molecule has 4 heterocycles. The Labute approximate surface area is 166 Å². The van der Waals surface area contributed by atoms with Crippen LogP contribution < -0.4 is 4.90 Å². The minimum Gasteiger partial charge on any atom is -0.356 e. The smallest absolute Gasteiger partial charge is 0.128 e. The third kappa shape index (κ3) is 4.42. The lowest BCUT2D eigenvalue weighted by Gasteiger charge is -2.33. The Morgan fingerprint density at radius 3 is 2.82 bits per heavy atom. The highest BCUT2D eigenvalue weighted by molar-refractivity contribution is 5.40. The van der Waals surface area contributed by atoms with Crippen molar-refractivity contribution in [3.63, 3.8) is 0 Å². The molecule has 148 valence electrons. The van der Waals surface area contributed by atoms with Crippen LogP contribution in [-0.2, 0) is 13.1 Å². The maximum absolute atomic E-state index is 4.74. The Hall–Kier alpha value is -2.67. The molecule has 0 spiro atoms. The molecule has 1 unspecified atom stereocenters. The number of pyridine rings is 1. The molecule has 7 nitrogen and oxygen atoms in total. The summed E-state index contributed by atoms with van der Waals surface area (Å²) in [6.07, 6.45) is 14.0. The molecule has 3 aromatic rings. The van der Waals surface area contributed by atoms with E-state index in [2.05, 4.69) is 56.3 Å². The summed E-state index contributed by atoms with van der Waals surface area (Å²) in [6, 6.07) is 4.32. The van der Waals surface area contributed by atoms with Gasteiger partial charge in [0.05, 0.1) is 6.33 Å². The molecule has 7 heteroatoms. The van der Waals surface area contributed by atoms with Crippen LogP contribution in [0.15, 0.2) is 49.4 Å². The fourth-order valence-electron chi connectivity index (χ4n) is 3.86. The Balaban J connectivity index is 1.42. The number of rotatable bonds is 7. The van der Waals surface area contributed by atoms with Crippen molar-refractivity contribution in [1.29, 1.82) is 0 Å². The van der Waals surface area contributed by atoms with Gasteiger partial charge in [-0.05, 0) is 38.6 Å². The summed E-state index contributed by atoms with van der Waals surface area (Å²) in [6.45, 7) is 4.86. The van der Waals surface area contributed by atoms with E-state index in [-0.39, 0.29) is 0 Å². The van der Waals surface area contributed by atoms with Gasteiger partial charge in [-0.1, -0.05) is 6.07 Å². The molecule has 0 radical (unpaired) electrons. The fourth-order valence-corrected chi connectivity index (χ4v) is 3.86. The van der Waals surface area contributed by atoms with Crippen molar-refractivity contribution in [3.05, 3.63) is 60.8 Å². The third-order valence-electron chi connectivity index (χ3n) is 5.38. The van der Waals surface area contributed by atoms with Crippen LogP contribution in [0.2, 0.25) is 0 Å². The number of aromatic nitrogens is 5. The Morgan fingerprint density at radius 1 is 1.14 bits per heavy atom. The molecular weight excluding hydrogens is 350 g/mol. The lowest BCUT2D eigenvalue weighted by Crippen LogP contribution is -2.36. The number of likely N-dealkylation sites (N-methyl/N-ethyl adjacent to an activating group) is 1. The van der Waals surface area contributed by atoms with Crippen LogP contribution in [0, 0.1) is 0 Å². The SMILES string of the molecule is CN(C)CCn1ccnc1C1CCCN(c2ccc(Cn3ccnc3)cn2)C1. The molecule has 1 saturated heterocycles. The van der Waals surface area contributed by atoms with Gasteiger partial charge in [-0.2, -0.15) is 0 Å². The first-order valence-electron chi connectivity index (χ1n) is 10.0. The summed E-state index contributed by atoms with van der Waals surface area (Å²) in [5, 5.41) is 0. The first-order chi connectivity index (χ1) is 13.7. The lowest BCUT2D eigenvalue weighted by atomic mass is 9.97. The summed E-state index contributed by atoms with van der Waals surface area (Å²) in [7, 11) is 4.22. The van der Waals surface area contributed by atoms with Gasteiger partial charge in [-0.25, -0.2) is 15.0 Å². The molecule has 0 saturated carbocycles. The van der Waals surface area contributed by atoms with Gasteiger partial charge in [0.15, 0.2) is 0 Å². The molecule has 0 bridgehead atoms. The first-order valence-corrected chi connectivity index (χ1v) is 10.0. The van der Waals surface area contributed by atoms with Crippen molar-refractivity contribution in [2.75, 3.05) is 38.6 Å². The minimum absolute atomic E-state index is 0.457. The maximum Gasteiger partial charge on any atom is 0.128 e. The highest BCUT2D eigenvalue weighted by atomic mass is 15.2. The summed E-state index contributed by atoms with van der Waals surface area (Å²) in [4.78, 5) is 18.1. The van der Waals surface area contributed by atoms with Gasteiger partial charge >= 0.3 is 0 Å². The highest BCUT2D eigenvalue weighted by Gasteiger charge is 2.25. The van der Waals surface area contributed by atoms with Gasteiger partial charge in [0, 0.05) is 69.6 Å². The third-order valence-corrected chi connectivity index (χ3v) is 5.38. The van der Waals surface area contributed by atoms with E-state index in [1.807, 2.05) is 24.9 Å². The first kappa shape index (κ1) is 18.7. The monoisotopic (exact) mass is 379 g/mol. The number of imidazole rings is 2. The van der Waals surface area contributed by atoms with Gasteiger partial charge in [-0.15, -0.1) is 0 Å². The average molecular weight is 380 g/mol. The predicted octanol–water partition coefficient (Wildman–Crippen LogP) is 2.47. The van der Waals surface area contributed by atoms with Crippen LogP contribution in [0.3, 0.4) is 0 Å². The number of piperidine rings is 1. The zero-order valence-electron chi connectivity index (χ0n) is 16.8. The van der Waals surface area contributed by atoms with Crippen molar-refractivity contribution in [1.82, 2.24) is 29.0 Å². The van der Waals surface area contributed by atoms with E-state index in [0.29, 0.717) is 5.92 Å². The standard InChI is InChI=1S/C21H29N7/c1-25(2)12-13-27-11-8-23-21(27)19-4-3-9-28(16-19)20-6-5-18(14-24-20)15-26-10-7-22-17-26/h5-8,10-11,14,17,19H,3-4,9,12-13,15-16H2,1-2H3. The van der Waals surface area contributed by atoms with Crippen LogP contribution in [0.4, 0.5) is 5.82 Å². The van der Waals surface area contributed by atoms with Gasteiger partial charge < -0.3 is 18.9 Å². The second kappa shape index (κ2) is 8.56. The maximum atomic E-state index is 4.74. The Morgan fingerprint density at radius 2 is 2.07 bits per heavy atom. The highest BCUT2D eigenvalue weighted by Crippen LogP contribution is 2.28. The van der Waals surface area contributed by atoms with Crippen molar-refractivity contribution in [2.45, 2.75) is 31.8 Å². The zero-order valence-corrected chi connectivity index (χ0v) is 16.8. The minimum atomic E-state index is 0.457. The van der Waals surface area contributed by atoms with E-state index in [9.17, 15) is 0 Å². The van der Waals surface area contributed by atoms with Crippen LogP contribution in [0.1, 0.15) is 30.1 Å². The number of anilines is 1. The topological polar surface area (TPSA) is 55.0 Å². The molecule has 4 rings (SSSR count). The van der Waals surface area contributed by atoms with Gasteiger partial charge in [0.2, 0.25) is 0 Å². The molecule has 0 aromatic carbocycles. The van der Waals surface area contributed by atoms with E-state index in [4.69, 9.17) is 9.97 Å². The molecule has 0 amide bonds. The van der Waals surface area contributed by atoms with Crippen LogP contribution >= 0.6 is 0 Å². The van der Waals surface area contributed by atoms with Crippen molar-refractivity contribution >= 4 is 5.82 Å². The summed E-state index contributed by atoms with van der Waals surface area (Å²) >= 11 is 0. The summed E-state index contributed by atoms with van der Waals surface area (Å²) in [5.74, 6) is 2.73. The van der Waals surface area contributed by atoms with Crippen LogP contribution in [0.5, 0.6) is 0 Å². The molecule has 28 heavy (non-hydrogen) atoms. The molecule has 1 aliphatic heterocycles.